The molecule has 0 aromatic carbocycles. The Morgan fingerprint density at radius 3 is 3.00 bits per heavy atom. The van der Waals surface area contributed by atoms with Gasteiger partial charge < -0.3 is 10.2 Å². The van der Waals surface area contributed by atoms with Gasteiger partial charge in [0.2, 0.25) is 0 Å². The monoisotopic (exact) mass is 299 g/mol. The number of pyridine rings is 1. The summed E-state index contributed by atoms with van der Waals surface area (Å²) < 4.78 is 1.66. The Bertz CT molecular complexity index is 666. The Kier molecular flexibility index (Phi) is 4.09. The Morgan fingerprint density at radius 1 is 1.41 bits per heavy atom. The quantitative estimate of drug-likeness (QED) is 0.940. The second-order valence-corrected chi connectivity index (χ2v) is 5.69. The lowest BCUT2D eigenvalue weighted by atomic mass is 9.91. The van der Waals surface area contributed by atoms with Crippen LogP contribution in [0.5, 0.6) is 0 Å². The number of carbonyl (C=O) groups is 1. The van der Waals surface area contributed by atoms with E-state index in [2.05, 4.69) is 21.5 Å². The fourth-order valence-electron chi connectivity index (χ4n) is 2.96. The lowest BCUT2D eigenvalue weighted by molar-refractivity contribution is 0.0700. The van der Waals surface area contributed by atoms with Crippen molar-refractivity contribution in [1.29, 1.82) is 0 Å². The first kappa shape index (κ1) is 14.6. The first-order chi connectivity index (χ1) is 10.7. The Hall–Kier alpha value is -2.37. The number of aromatic nitrogens is 3. The van der Waals surface area contributed by atoms with Gasteiger partial charge in [0, 0.05) is 45.5 Å². The van der Waals surface area contributed by atoms with Crippen molar-refractivity contribution in [3.8, 4) is 0 Å². The van der Waals surface area contributed by atoms with Gasteiger partial charge in [0.05, 0.1) is 0 Å². The van der Waals surface area contributed by atoms with E-state index in [0.717, 1.165) is 31.7 Å². The van der Waals surface area contributed by atoms with Crippen LogP contribution in [0, 0.1) is 0 Å². The molecule has 6 nitrogen and oxygen atoms in total. The highest BCUT2D eigenvalue weighted by Crippen LogP contribution is 2.28. The second-order valence-electron chi connectivity index (χ2n) is 5.69. The summed E-state index contributed by atoms with van der Waals surface area (Å²) in [6.45, 7) is 1.54. The summed E-state index contributed by atoms with van der Waals surface area (Å²) in [5.41, 5.74) is 1.76. The third-order valence-electron chi connectivity index (χ3n) is 4.15. The summed E-state index contributed by atoms with van der Waals surface area (Å²) in [4.78, 5) is 18.7. The summed E-state index contributed by atoms with van der Waals surface area (Å²) in [7, 11) is 3.69. The van der Waals surface area contributed by atoms with E-state index in [9.17, 15) is 4.79 Å². The van der Waals surface area contributed by atoms with Gasteiger partial charge in [0.25, 0.3) is 5.91 Å². The first-order valence-corrected chi connectivity index (χ1v) is 7.60. The van der Waals surface area contributed by atoms with Gasteiger partial charge in [-0.1, -0.05) is 0 Å². The molecule has 1 unspecified atom stereocenters. The molecule has 1 aliphatic rings. The number of carbonyl (C=O) groups excluding carboxylic acids is 1. The average Bonchev–Trinajstić information content (AvgIpc) is 3.01. The highest BCUT2D eigenvalue weighted by molar-refractivity contribution is 5.92. The summed E-state index contributed by atoms with van der Waals surface area (Å²) in [6, 6.07) is 5.89. The van der Waals surface area contributed by atoms with Crippen LogP contribution < -0.4 is 5.32 Å². The molecule has 22 heavy (non-hydrogen) atoms. The van der Waals surface area contributed by atoms with Crippen LogP contribution >= 0.6 is 0 Å². The zero-order chi connectivity index (χ0) is 15.5. The molecule has 6 heteroatoms. The van der Waals surface area contributed by atoms with E-state index in [1.165, 1.54) is 5.56 Å². The van der Waals surface area contributed by atoms with Crippen LogP contribution in [-0.2, 0) is 7.05 Å². The lowest BCUT2D eigenvalue weighted by Gasteiger charge is -2.32. The van der Waals surface area contributed by atoms with Gasteiger partial charge in [-0.15, -0.1) is 0 Å². The molecule has 1 amide bonds. The molecular weight excluding hydrogens is 278 g/mol. The molecule has 116 valence electrons. The summed E-state index contributed by atoms with van der Waals surface area (Å²) in [5.74, 6) is 1.25. The molecule has 1 N–H and O–H groups in total. The standard InChI is InChI=1S/C16H21N5O/c1-17-15-10-12(5-7-18-15)13-4-3-8-21(11-13)16(22)14-6-9-20(2)19-14/h5-7,9-10,13H,3-4,8,11H2,1-2H3,(H,17,18). The molecule has 1 fully saturated rings. The van der Waals surface area contributed by atoms with Gasteiger partial charge in [0.15, 0.2) is 0 Å². The predicted molar refractivity (Wildman–Crippen MR) is 84.9 cm³/mol. The fraction of sp³-hybridized carbons (Fsp3) is 0.438. The van der Waals surface area contributed by atoms with Gasteiger partial charge in [-0.25, -0.2) is 4.98 Å². The minimum absolute atomic E-state index is 0.0215. The van der Waals surface area contributed by atoms with E-state index in [-0.39, 0.29) is 5.91 Å². The highest BCUT2D eigenvalue weighted by Gasteiger charge is 2.26. The molecule has 0 bridgehead atoms. The molecule has 2 aromatic rings. The van der Waals surface area contributed by atoms with Crippen molar-refractivity contribution in [2.24, 2.45) is 7.05 Å². The van der Waals surface area contributed by atoms with Gasteiger partial charge in [0.1, 0.15) is 11.5 Å². The Morgan fingerprint density at radius 2 is 2.27 bits per heavy atom. The van der Waals surface area contributed by atoms with Crippen LogP contribution in [0.3, 0.4) is 0 Å². The van der Waals surface area contributed by atoms with E-state index in [1.54, 1.807) is 16.9 Å². The Balaban J connectivity index is 1.75. The third-order valence-corrected chi connectivity index (χ3v) is 4.15. The molecule has 0 radical (unpaired) electrons. The van der Waals surface area contributed by atoms with E-state index >= 15 is 0 Å². The lowest BCUT2D eigenvalue weighted by Crippen LogP contribution is -2.39. The fourth-order valence-corrected chi connectivity index (χ4v) is 2.96. The topological polar surface area (TPSA) is 63.1 Å². The molecule has 1 atom stereocenters. The zero-order valence-electron chi connectivity index (χ0n) is 13.0. The van der Waals surface area contributed by atoms with E-state index in [1.807, 2.05) is 31.3 Å². The van der Waals surface area contributed by atoms with Crippen molar-refractivity contribution in [1.82, 2.24) is 19.7 Å². The van der Waals surface area contributed by atoms with Crippen LogP contribution in [0.1, 0.15) is 34.8 Å². The molecule has 2 aromatic heterocycles. The van der Waals surface area contributed by atoms with Crippen LogP contribution in [0.15, 0.2) is 30.6 Å². The maximum Gasteiger partial charge on any atom is 0.274 e. The number of hydrogen-bond donors (Lipinski definition) is 1. The van der Waals surface area contributed by atoms with Crippen molar-refractivity contribution in [2.75, 3.05) is 25.5 Å². The minimum atomic E-state index is 0.0215. The van der Waals surface area contributed by atoms with E-state index in [4.69, 9.17) is 0 Å². The number of piperidine rings is 1. The number of likely N-dealkylation sites (tertiary alicyclic amines) is 1. The van der Waals surface area contributed by atoms with Crippen LogP contribution in [0.25, 0.3) is 0 Å². The molecule has 1 saturated heterocycles. The molecular formula is C16H21N5O. The van der Waals surface area contributed by atoms with Gasteiger partial charge in [-0.2, -0.15) is 5.10 Å². The second kappa shape index (κ2) is 6.17. The maximum absolute atomic E-state index is 12.5. The van der Waals surface area contributed by atoms with Crippen molar-refractivity contribution in [3.05, 3.63) is 41.9 Å². The zero-order valence-corrected chi connectivity index (χ0v) is 13.0. The smallest absolute Gasteiger partial charge is 0.274 e. The number of hydrogen-bond acceptors (Lipinski definition) is 4. The van der Waals surface area contributed by atoms with E-state index in [0.29, 0.717) is 11.6 Å². The summed E-state index contributed by atoms with van der Waals surface area (Å²) in [6.07, 6.45) is 5.73. The number of nitrogens with zero attached hydrogens (tertiary/aromatic N) is 4. The van der Waals surface area contributed by atoms with Crippen molar-refractivity contribution in [3.63, 3.8) is 0 Å². The van der Waals surface area contributed by atoms with Gasteiger partial charge in [-0.05, 0) is 36.6 Å². The number of amides is 1. The molecule has 0 spiro atoms. The van der Waals surface area contributed by atoms with Gasteiger partial charge in [-0.3, -0.25) is 9.48 Å². The largest absolute Gasteiger partial charge is 0.373 e. The van der Waals surface area contributed by atoms with Crippen molar-refractivity contribution < 1.29 is 4.79 Å². The van der Waals surface area contributed by atoms with Crippen LogP contribution in [-0.4, -0.2) is 45.7 Å². The van der Waals surface area contributed by atoms with E-state index < -0.39 is 0 Å². The highest BCUT2D eigenvalue weighted by atomic mass is 16.2. The van der Waals surface area contributed by atoms with Crippen LogP contribution in [0.2, 0.25) is 0 Å². The molecule has 3 rings (SSSR count). The number of anilines is 1. The van der Waals surface area contributed by atoms with Crippen molar-refractivity contribution in [2.45, 2.75) is 18.8 Å². The minimum Gasteiger partial charge on any atom is -0.373 e. The number of aryl methyl sites for hydroxylation is 1. The van der Waals surface area contributed by atoms with Crippen molar-refractivity contribution >= 4 is 11.7 Å². The normalized spacial score (nSPS) is 18.3. The maximum atomic E-state index is 12.5. The van der Waals surface area contributed by atoms with Gasteiger partial charge >= 0.3 is 0 Å². The van der Waals surface area contributed by atoms with Crippen LogP contribution in [0.4, 0.5) is 5.82 Å². The first-order valence-electron chi connectivity index (χ1n) is 7.60. The number of nitrogens with one attached hydrogen (secondary N) is 1. The average molecular weight is 299 g/mol. The predicted octanol–water partition coefficient (Wildman–Crippen LogP) is 1.88. The SMILES string of the molecule is CNc1cc(C2CCCN(C(=O)c3ccn(C)n3)C2)ccn1. The summed E-state index contributed by atoms with van der Waals surface area (Å²) in [5, 5.41) is 7.28. The Labute approximate surface area is 130 Å². The molecule has 0 saturated carbocycles. The number of rotatable bonds is 3. The third kappa shape index (κ3) is 2.95. The molecule has 0 aliphatic carbocycles. The molecule has 1 aliphatic heterocycles. The molecule has 3 heterocycles. The summed E-state index contributed by atoms with van der Waals surface area (Å²) >= 11 is 0.